The maximum atomic E-state index is 6.07. The van der Waals surface area contributed by atoms with Gasteiger partial charge in [-0.3, -0.25) is 0 Å². The van der Waals surface area contributed by atoms with Crippen LogP contribution in [-0.2, 0) is 0 Å². The normalized spacial score (nSPS) is 14.5. The van der Waals surface area contributed by atoms with Gasteiger partial charge in [0.2, 0.25) is 11.8 Å². The molecule has 2 unspecified atom stereocenters. The fourth-order valence-electron chi connectivity index (χ4n) is 1.55. The van der Waals surface area contributed by atoms with Gasteiger partial charge in [0.25, 0.3) is 0 Å². The predicted molar refractivity (Wildman–Crippen MR) is 65.5 cm³/mol. The van der Waals surface area contributed by atoms with E-state index in [2.05, 4.69) is 24.0 Å². The maximum absolute atomic E-state index is 6.07. The first kappa shape index (κ1) is 11.8. The number of benzene rings is 1. The SMILES string of the molecule is CCC(C)c1nnc(C(N)c2ccccc2)o1. The largest absolute Gasteiger partial charge is 0.423 e. The third kappa shape index (κ3) is 2.53. The Labute approximate surface area is 101 Å². The van der Waals surface area contributed by atoms with Gasteiger partial charge in [-0.1, -0.05) is 44.2 Å². The highest BCUT2D eigenvalue weighted by molar-refractivity contribution is 5.22. The summed E-state index contributed by atoms with van der Waals surface area (Å²) in [5.74, 6) is 1.42. The lowest BCUT2D eigenvalue weighted by atomic mass is 10.1. The van der Waals surface area contributed by atoms with E-state index in [9.17, 15) is 0 Å². The van der Waals surface area contributed by atoms with Crippen molar-refractivity contribution in [2.45, 2.75) is 32.2 Å². The van der Waals surface area contributed by atoms with Crippen molar-refractivity contribution < 1.29 is 4.42 Å². The summed E-state index contributed by atoms with van der Waals surface area (Å²) in [7, 11) is 0. The molecule has 4 heteroatoms. The highest BCUT2D eigenvalue weighted by Gasteiger charge is 2.18. The molecule has 0 aliphatic rings. The molecule has 4 nitrogen and oxygen atoms in total. The van der Waals surface area contributed by atoms with Crippen molar-refractivity contribution in [3.63, 3.8) is 0 Å². The molecular formula is C13H17N3O. The number of hydrogen-bond acceptors (Lipinski definition) is 4. The summed E-state index contributed by atoms with van der Waals surface area (Å²) in [6, 6.07) is 9.41. The van der Waals surface area contributed by atoms with Gasteiger partial charge in [-0.15, -0.1) is 10.2 Å². The maximum Gasteiger partial charge on any atom is 0.237 e. The van der Waals surface area contributed by atoms with E-state index in [0.29, 0.717) is 11.8 Å². The molecule has 2 aromatic rings. The zero-order valence-electron chi connectivity index (χ0n) is 10.1. The number of rotatable bonds is 4. The molecule has 1 aromatic heterocycles. The number of nitrogens with zero attached hydrogens (tertiary/aromatic N) is 2. The summed E-state index contributed by atoms with van der Waals surface area (Å²) in [6.45, 7) is 4.15. The van der Waals surface area contributed by atoms with Crippen LogP contribution in [0.1, 0.15) is 49.6 Å². The Hall–Kier alpha value is -1.68. The average Bonchev–Trinajstić information content (AvgIpc) is 2.87. The third-order valence-electron chi connectivity index (χ3n) is 2.91. The van der Waals surface area contributed by atoms with Crippen molar-refractivity contribution in [2.75, 3.05) is 0 Å². The first-order valence-corrected chi connectivity index (χ1v) is 5.86. The van der Waals surface area contributed by atoms with Crippen LogP contribution >= 0.6 is 0 Å². The van der Waals surface area contributed by atoms with Crippen LogP contribution in [0.4, 0.5) is 0 Å². The van der Waals surface area contributed by atoms with Crippen molar-refractivity contribution in [2.24, 2.45) is 5.73 Å². The molecule has 0 bridgehead atoms. The van der Waals surface area contributed by atoms with E-state index >= 15 is 0 Å². The van der Waals surface area contributed by atoms with Gasteiger partial charge in [0.1, 0.15) is 6.04 Å². The Morgan fingerprint density at radius 3 is 2.47 bits per heavy atom. The summed E-state index contributed by atoms with van der Waals surface area (Å²) < 4.78 is 5.61. The van der Waals surface area contributed by atoms with Crippen LogP contribution in [0.25, 0.3) is 0 Å². The van der Waals surface area contributed by atoms with Gasteiger partial charge in [0, 0.05) is 5.92 Å². The van der Waals surface area contributed by atoms with Crippen molar-refractivity contribution in [3.8, 4) is 0 Å². The monoisotopic (exact) mass is 231 g/mol. The second-order valence-corrected chi connectivity index (χ2v) is 4.18. The predicted octanol–water partition coefficient (Wildman–Crippen LogP) is 2.63. The van der Waals surface area contributed by atoms with Crippen LogP contribution < -0.4 is 5.73 Å². The molecule has 17 heavy (non-hydrogen) atoms. The molecule has 0 aliphatic heterocycles. The van der Waals surface area contributed by atoms with E-state index < -0.39 is 0 Å². The van der Waals surface area contributed by atoms with Crippen LogP contribution in [0.2, 0.25) is 0 Å². The fourth-order valence-corrected chi connectivity index (χ4v) is 1.55. The first-order chi connectivity index (χ1) is 8.22. The van der Waals surface area contributed by atoms with Crippen molar-refractivity contribution in [3.05, 3.63) is 47.7 Å². The van der Waals surface area contributed by atoms with Crippen molar-refractivity contribution >= 4 is 0 Å². The molecule has 2 N–H and O–H groups in total. The minimum Gasteiger partial charge on any atom is -0.423 e. The minimum absolute atomic E-state index is 0.277. The Morgan fingerprint density at radius 2 is 1.82 bits per heavy atom. The van der Waals surface area contributed by atoms with Gasteiger partial charge in [-0.25, -0.2) is 0 Å². The minimum atomic E-state index is -0.346. The van der Waals surface area contributed by atoms with E-state index in [4.69, 9.17) is 10.2 Å². The molecule has 90 valence electrons. The van der Waals surface area contributed by atoms with Crippen LogP contribution in [-0.4, -0.2) is 10.2 Å². The lowest BCUT2D eigenvalue weighted by Crippen LogP contribution is -2.12. The molecule has 0 saturated heterocycles. The lowest BCUT2D eigenvalue weighted by molar-refractivity contribution is 0.408. The molecule has 0 saturated carbocycles. The molecule has 0 radical (unpaired) electrons. The van der Waals surface area contributed by atoms with E-state index in [0.717, 1.165) is 12.0 Å². The smallest absolute Gasteiger partial charge is 0.237 e. The number of hydrogen-bond donors (Lipinski definition) is 1. The Bertz CT molecular complexity index is 467. The van der Waals surface area contributed by atoms with Crippen molar-refractivity contribution in [1.29, 1.82) is 0 Å². The highest BCUT2D eigenvalue weighted by Crippen LogP contribution is 2.22. The zero-order chi connectivity index (χ0) is 12.3. The Morgan fingerprint density at radius 1 is 1.18 bits per heavy atom. The molecule has 2 atom stereocenters. The second-order valence-electron chi connectivity index (χ2n) is 4.18. The van der Waals surface area contributed by atoms with Crippen LogP contribution in [0.5, 0.6) is 0 Å². The third-order valence-corrected chi connectivity index (χ3v) is 2.91. The zero-order valence-corrected chi connectivity index (χ0v) is 10.1. The molecule has 0 spiro atoms. The first-order valence-electron chi connectivity index (χ1n) is 5.86. The quantitative estimate of drug-likeness (QED) is 0.878. The number of aromatic nitrogens is 2. The number of nitrogens with two attached hydrogens (primary N) is 1. The van der Waals surface area contributed by atoms with E-state index in [1.807, 2.05) is 30.3 Å². The van der Waals surface area contributed by atoms with E-state index in [-0.39, 0.29) is 12.0 Å². The molecule has 1 heterocycles. The van der Waals surface area contributed by atoms with E-state index in [1.165, 1.54) is 0 Å². The summed E-state index contributed by atoms with van der Waals surface area (Å²) in [4.78, 5) is 0. The average molecular weight is 231 g/mol. The lowest BCUT2D eigenvalue weighted by Gasteiger charge is -2.06. The topological polar surface area (TPSA) is 64.9 Å². The summed E-state index contributed by atoms with van der Waals surface area (Å²) >= 11 is 0. The summed E-state index contributed by atoms with van der Waals surface area (Å²) in [5.41, 5.74) is 7.05. The summed E-state index contributed by atoms with van der Waals surface area (Å²) in [6.07, 6.45) is 0.974. The fraction of sp³-hybridized carbons (Fsp3) is 0.385. The Balaban J connectivity index is 2.20. The van der Waals surface area contributed by atoms with Gasteiger partial charge < -0.3 is 10.2 Å². The van der Waals surface area contributed by atoms with Crippen LogP contribution in [0.15, 0.2) is 34.7 Å². The molecule has 0 fully saturated rings. The van der Waals surface area contributed by atoms with E-state index in [1.54, 1.807) is 0 Å². The molecule has 1 aromatic carbocycles. The Kier molecular flexibility index (Phi) is 3.54. The molecular weight excluding hydrogens is 214 g/mol. The van der Waals surface area contributed by atoms with Crippen molar-refractivity contribution in [1.82, 2.24) is 10.2 Å². The molecule has 2 rings (SSSR count). The molecule has 0 aliphatic carbocycles. The van der Waals surface area contributed by atoms with Gasteiger partial charge in [0.05, 0.1) is 0 Å². The second kappa shape index (κ2) is 5.10. The van der Waals surface area contributed by atoms with Gasteiger partial charge in [0.15, 0.2) is 0 Å². The van der Waals surface area contributed by atoms with Gasteiger partial charge in [-0.05, 0) is 12.0 Å². The van der Waals surface area contributed by atoms with Gasteiger partial charge >= 0.3 is 0 Å². The standard InChI is InChI=1S/C13H17N3O/c1-3-9(2)12-15-16-13(17-12)11(14)10-7-5-4-6-8-10/h4-9,11H,3,14H2,1-2H3. The van der Waals surface area contributed by atoms with Crippen LogP contribution in [0.3, 0.4) is 0 Å². The molecule has 0 amide bonds. The van der Waals surface area contributed by atoms with Crippen LogP contribution in [0, 0.1) is 0 Å². The summed E-state index contributed by atoms with van der Waals surface area (Å²) in [5, 5.41) is 8.06. The highest BCUT2D eigenvalue weighted by atomic mass is 16.4. The van der Waals surface area contributed by atoms with Gasteiger partial charge in [-0.2, -0.15) is 0 Å².